The summed E-state index contributed by atoms with van der Waals surface area (Å²) in [4.78, 5) is 29.4. The number of anilines is 2. The highest BCUT2D eigenvalue weighted by Crippen LogP contribution is 2.37. The SMILES string of the molecule is CCOC(=O)C1CCN(c2cnc(N(Cc3cc(C(F)(F)F)cc(C(F)(F)F)c3)Cc3cc4ccccc4c(OCc4ccccc4)n3)nc2)CC1. The van der Waals surface area contributed by atoms with Crippen LogP contribution >= 0.6 is 0 Å². The Morgan fingerprint density at radius 3 is 2.10 bits per heavy atom. The van der Waals surface area contributed by atoms with Crippen LogP contribution < -0.4 is 14.5 Å². The van der Waals surface area contributed by atoms with Gasteiger partial charge in [0.05, 0.1) is 54.0 Å². The second kappa shape index (κ2) is 15.5. The molecule has 1 saturated heterocycles. The van der Waals surface area contributed by atoms with Crippen molar-refractivity contribution in [1.82, 2.24) is 15.0 Å². The Hall–Kier alpha value is -5.40. The number of esters is 1. The van der Waals surface area contributed by atoms with Gasteiger partial charge in [-0.05, 0) is 66.6 Å². The highest BCUT2D eigenvalue weighted by molar-refractivity contribution is 5.87. The molecule has 52 heavy (non-hydrogen) atoms. The topological polar surface area (TPSA) is 80.7 Å². The number of hydrogen-bond donors (Lipinski definition) is 0. The monoisotopic (exact) mass is 723 g/mol. The molecule has 0 aliphatic carbocycles. The van der Waals surface area contributed by atoms with Crippen molar-refractivity contribution >= 4 is 28.4 Å². The van der Waals surface area contributed by atoms with E-state index in [4.69, 9.17) is 14.5 Å². The minimum atomic E-state index is -5.01. The number of nitrogens with zero attached hydrogens (tertiary/aromatic N) is 5. The molecule has 1 aliphatic rings. The molecular weight excluding hydrogens is 688 g/mol. The Kier molecular flexibility index (Phi) is 10.8. The first-order valence-corrected chi connectivity index (χ1v) is 16.7. The number of carbonyl (C=O) groups excluding carboxylic acids is 1. The summed E-state index contributed by atoms with van der Waals surface area (Å²) in [5.41, 5.74) is -1.08. The van der Waals surface area contributed by atoms with Gasteiger partial charge in [0.15, 0.2) is 0 Å². The van der Waals surface area contributed by atoms with Gasteiger partial charge in [0, 0.05) is 25.0 Å². The third kappa shape index (κ3) is 8.90. The molecule has 0 amide bonds. The fraction of sp³-hybridized carbons (Fsp3) is 0.316. The Bertz CT molecular complexity index is 1950. The van der Waals surface area contributed by atoms with Crippen molar-refractivity contribution in [1.29, 1.82) is 0 Å². The van der Waals surface area contributed by atoms with Crippen molar-refractivity contribution in [2.45, 2.75) is 51.8 Å². The molecule has 5 aromatic rings. The van der Waals surface area contributed by atoms with Gasteiger partial charge in [0.2, 0.25) is 11.8 Å². The summed E-state index contributed by atoms with van der Waals surface area (Å²) in [5, 5.41) is 1.50. The van der Waals surface area contributed by atoms with Crippen LogP contribution in [0.3, 0.4) is 0 Å². The van der Waals surface area contributed by atoms with Gasteiger partial charge in [0.25, 0.3) is 0 Å². The Balaban J connectivity index is 1.33. The third-order valence-corrected chi connectivity index (χ3v) is 8.74. The first kappa shape index (κ1) is 36.4. The summed E-state index contributed by atoms with van der Waals surface area (Å²) in [5.74, 6) is -0.0591. The van der Waals surface area contributed by atoms with Gasteiger partial charge in [-0.15, -0.1) is 0 Å². The van der Waals surface area contributed by atoms with E-state index >= 15 is 0 Å². The summed E-state index contributed by atoms with van der Waals surface area (Å²) in [6.45, 7) is 2.91. The molecule has 3 aromatic carbocycles. The minimum Gasteiger partial charge on any atom is -0.472 e. The number of piperidine rings is 1. The molecule has 1 aliphatic heterocycles. The molecule has 0 spiro atoms. The standard InChI is InChI=1S/C38H35F6N5O3/c1-2-51-35(50)27-12-14-48(15-13-27)32-20-45-36(46-21-32)49(22-26-16-29(37(39,40)41)19-30(17-26)38(42,43)44)23-31-18-28-10-6-7-11-33(28)34(47-31)52-24-25-8-4-3-5-9-25/h3-11,16-21,27H,2,12-15,22-24H2,1H3. The van der Waals surface area contributed by atoms with Gasteiger partial charge >= 0.3 is 18.3 Å². The molecule has 0 unspecified atom stereocenters. The summed E-state index contributed by atoms with van der Waals surface area (Å²) < 4.78 is 94.1. The number of halogens is 6. The number of aromatic nitrogens is 3. The number of fused-ring (bicyclic) bond motifs is 1. The maximum absolute atomic E-state index is 13.8. The average Bonchev–Trinajstić information content (AvgIpc) is 3.13. The van der Waals surface area contributed by atoms with Crippen molar-refractivity contribution < 1.29 is 40.6 Å². The number of carbonyl (C=O) groups is 1. The molecule has 0 saturated carbocycles. The highest BCUT2D eigenvalue weighted by atomic mass is 19.4. The fourth-order valence-electron chi connectivity index (χ4n) is 6.14. The van der Waals surface area contributed by atoms with Crippen LogP contribution in [0.15, 0.2) is 91.3 Å². The van der Waals surface area contributed by atoms with E-state index in [2.05, 4.69) is 9.97 Å². The summed E-state index contributed by atoms with van der Waals surface area (Å²) in [7, 11) is 0. The number of pyridine rings is 1. The predicted molar refractivity (Wildman–Crippen MR) is 182 cm³/mol. The highest BCUT2D eigenvalue weighted by Gasteiger charge is 2.37. The maximum atomic E-state index is 13.8. The number of ether oxygens (including phenoxy) is 2. The number of rotatable bonds is 11. The zero-order valence-corrected chi connectivity index (χ0v) is 28.1. The first-order chi connectivity index (χ1) is 24.9. The lowest BCUT2D eigenvalue weighted by molar-refractivity contribution is -0.148. The summed E-state index contributed by atoms with van der Waals surface area (Å²) in [6, 6.07) is 20.1. The van der Waals surface area contributed by atoms with Gasteiger partial charge in [-0.25, -0.2) is 15.0 Å². The molecule has 8 nitrogen and oxygen atoms in total. The molecule has 14 heteroatoms. The summed E-state index contributed by atoms with van der Waals surface area (Å²) in [6.07, 6.45) is -5.77. The van der Waals surface area contributed by atoms with E-state index in [1.807, 2.05) is 59.5 Å². The van der Waals surface area contributed by atoms with Gasteiger partial charge in [-0.1, -0.05) is 48.5 Å². The van der Waals surface area contributed by atoms with E-state index in [0.717, 1.165) is 16.3 Å². The van der Waals surface area contributed by atoms with E-state index in [0.29, 0.717) is 61.9 Å². The molecule has 0 bridgehead atoms. The van der Waals surface area contributed by atoms with E-state index in [-0.39, 0.29) is 42.6 Å². The van der Waals surface area contributed by atoms with Crippen molar-refractivity contribution in [3.8, 4) is 5.88 Å². The zero-order valence-electron chi connectivity index (χ0n) is 28.1. The molecule has 0 N–H and O–H groups in total. The quantitative estimate of drug-likeness (QED) is 0.0991. The minimum absolute atomic E-state index is 0.0674. The lowest BCUT2D eigenvalue weighted by atomic mass is 9.97. The van der Waals surface area contributed by atoms with E-state index < -0.39 is 30.0 Å². The van der Waals surface area contributed by atoms with Crippen LogP contribution in [0.4, 0.5) is 38.0 Å². The van der Waals surface area contributed by atoms with Crippen LogP contribution in [-0.4, -0.2) is 40.6 Å². The fourth-order valence-corrected chi connectivity index (χ4v) is 6.14. The molecule has 0 radical (unpaired) electrons. The van der Waals surface area contributed by atoms with Crippen LogP contribution in [0.2, 0.25) is 0 Å². The van der Waals surface area contributed by atoms with Crippen LogP contribution in [-0.2, 0) is 41.6 Å². The van der Waals surface area contributed by atoms with Crippen molar-refractivity contribution in [2.24, 2.45) is 5.92 Å². The lowest BCUT2D eigenvalue weighted by Crippen LogP contribution is -2.37. The average molecular weight is 724 g/mol. The number of alkyl halides is 6. The molecular formula is C38H35F6N5O3. The van der Waals surface area contributed by atoms with Gasteiger partial charge in [-0.2, -0.15) is 26.3 Å². The number of hydrogen-bond acceptors (Lipinski definition) is 8. The van der Waals surface area contributed by atoms with Crippen molar-refractivity contribution in [2.75, 3.05) is 29.5 Å². The van der Waals surface area contributed by atoms with Crippen LogP contribution in [0.5, 0.6) is 5.88 Å². The van der Waals surface area contributed by atoms with Crippen LogP contribution in [0, 0.1) is 5.92 Å². The molecule has 0 atom stereocenters. The maximum Gasteiger partial charge on any atom is 0.416 e. The normalized spacial score (nSPS) is 14.0. The van der Waals surface area contributed by atoms with Crippen LogP contribution in [0.25, 0.3) is 10.8 Å². The van der Waals surface area contributed by atoms with E-state index in [9.17, 15) is 31.1 Å². The first-order valence-electron chi connectivity index (χ1n) is 16.7. The zero-order chi connectivity index (χ0) is 36.9. The summed E-state index contributed by atoms with van der Waals surface area (Å²) >= 11 is 0. The second-order valence-corrected chi connectivity index (χ2v) is 12.4. The van der Waals surface area contributed by atoms with Crippen molar-refractivity contribution in [3.63, 3.8) is 0 Å². The number of benzene rings is 3. The molecule has 6 rings (SSSR count). The Labute approximate surface area is 296 Å². The van der Waals surface area contributed by atoms with E-state index in [1.54, 1.807) is 25.4 Å². The van der Waals surface area contributed by atoms with Crippen molar-refractivity contribution in [3.05, 3.63) is 119 Å². The molecule has 272 valence electrons. The molecule has 1 fully saturated rings. The molecule has 3 heterocycles. The van der Waals surface area contributed by atoms with Gasteiger partial charge < -0.3 is 19.3 Å². The van der Waals surface area contributed by atoms with Gasteiger partial charge in [-0.3, -0.25) is 4.79 Å². The largest absolute Gasteiger partial charge is 0.472 e. The lowest BCUT2D eigenvalue weighted by Gasteiger charge is -2.32. The third-order valence-electron chi connectivity index (χ3n) is 8.74. The smallest absolute Gasteiger partial charge is 0.416 e. The Morgan fingerprint density at radius 1 is 0.827 bits per heavy atom. The van der Waals surface area contributed by atoms with Gasteiger partial charge in [0.1, 0.15) is 6.61 Å². The predicted octanol–water partition coefficient (Wildman–Crippen LogP) is 8.63. The van der Waals surface area contributed by atoms with Crippen LogP contribution in [0.1, 0.15) is 47.7 Å². The second-order valence-electron chi connectivity index (χ2n) is 12.4. The van der Waals surface area contributed by atoms with E-state index in [1.165, 1.54) is 4.90 Å². The Morgan fingerprint density at radius 2 is 1.46 bits per heavy atom. The molecule has 2 aromatic heterocycles.